The lowest BCUT2D eigenvalue weighted by Crippen LogP contribution is -2.06. The molecule has 0 aliphatic carbocycles. The van der Waals surface area contributed by atoms with Crippen LogP contribution in [0.5, 0.6) is 0 Å². The number of nitrogens with zero attached hydrogens (tertiary/aromatic N) is 12. The Labute approximate surface area is 813 Å². The van der Waals surface area contributed by atoms with Crippen molar-refractivity contribution in [3.05, 3.63) is 425 Å². The van der Waals surface area contributed by atoms with E-state index in [0.29, 0.717) is 52.7 Å². The highest BCUT2D eigenvalue weighted by Gasteiger charge is 2.29. The molecule has 0 amide bonds. The van der Waals surface area contributed by atoms with Crippen LogP contribution >= 0.6 is 34.0 Å². The number of thiophene rings is 3. The second-order valence-electron chi connectivity index (χ2n) is 35.2. The summed E-state index contributed by atoms with van der Waals surface area (Å²) in [5.41, 5.74) is 19.2. The fourth-order valence-corrected chi connectivity index (χ4v) is 24.5. The number of rotatable bonds is 10. The second kappa shape index (κ2) is 32.2. The minimum Gasteiger partial charge on any atom is -0.456 e. The summed E-state index contributed by atoms with van der Waals surface area (Å²) in [6.07, 6.45) is 0. The Bertz CT molecular complexity index is 10200. The Hall–Kier alpha value is -18.3. The largest absolute Gasteiger partial charge is 0.456 e. The minimum atomic E-state index is 0.578. The van der Waals surface area contributed by atoms with Gasteiger partial charge in [-0.1, -0.05) is 303 Å². The predicted octanol–water partition coefficient (Wildman–Crippen LogP) is 33.4. The van der Waals surface area contributed by atoms with E-state index in [1.807, 2.05) is 133 Å². The lowest BCUT2D eigenvalue weighted by Gasteiger charge is -2.12. The molecule has 0 atom stereocenters. The third kappa shape index (κ3) is 12.9. The summed E-state index contributed by atoms with van der Waals surface area (Å²) in [6.45, 7) is 0. The van der Waals surface area contributed by atoms with Crippen LogP contribution in [-0.2, 0) is 0 Å². The van der Waals surface area contributed by atoms with Crippen molar-refractivity contribution in [1.82, 2.24) is 58.6 Å². The smallest absolute Gasteiger partial charge is 0.238 e. The van der Waals surface area contributed by atoms with Gasteiger partial charge < -0.3 is 17.8 Å². The van der Waals surface area contributed by atoms with E-state index in [4.69, 9.17) is 58.1 Å². The number of fused-ring (bicyclic) bond motifs is 30. The molecule has 0 N–H and O–H groups in total. The predicted molar refractivity (Wildman–Crippen MR) is 581 cm³/mol. The van der Waals surface area contributed by atoms with Gasteiger partial charge in [-0.15, -0.1) is 34.0 Å². The lowest BCUT2D eigenvalue weighted by molar-refractivity contribution is 0.668. The van der Waals surface area contributed by atoms with Crippen molar-refractivity contribution in [3.63, 3.8) is 0 Å². The topological polar surface area (TPSA) is 170 Å². The highest BCUT2D eigenvalue weighted by molar-refractivity contribution is 7.26. The van der Waals surface area contributed by atoms with Crippen molar-refractivity contribution in [3.8, 4) is 97.3 Å². The molecule has 31 rings (SSSR count). The van der Waals surface area contributed by atoms with Crippen LogP contribution in [0.2, 0.25) is 0 Å². The molecular formula is C123H70N12O3S3. The molecule has 0 radical (unpaired) electrons. The fourth-order valence-electron chi connectivity index (χ4n) is 21.1. The van der Waals surface area contributed by atoms with Crippen molar-refractivity contribution in [2.45, 2.75) is 0 Å². The molecule has 15 nitrogen and oxygen atoms in total. The normalized spacial score (nSPS) is 12.0. The molecule has 141 heavy (non-hydrogen) atoms. The third-order valence-corrected chi connectivity index (χ3v) is 30.6. The first kappa shape index (κ1) is 80.0. The molecule has 0 saturated heterocycles. The second-order valence-corrected chi connectivity index (χ2v) is 38.5. The summed E-state index contributed by atoms with van der Waals surface area (Å²) in [6, 6.07) is 147. The van der Waals surface area contributed by atoms with Gasteiger partial charge in [-0.2, -0.15) is 19.9 Å². The molecule has 658 valence electrons. The molecule has 0 unspecified atom stereocenters. The number of furan rings is 3. The zero-order valence-electron chi connectivity index (χ0n) is 74.7. The molecule has 19 aromatic carbocycles. The molecule has 0 bridgehead atoms. The molecule has 0 fully saturated rings. The maximum Gasteiger partial charge on any atom is 0.238 e. The standard InChI is InChI=1S/C45H26N4O2.C39H22N4OS.C39H22N4S2/c1-2-12-27(13-3-1)43-46-44(48-45(47-43)33-19-11-23-38-40(33)31-17-5-8-21-36(31)50-38)28-14-10-15-29(26-28)49-34-20-7-4-16-30(34)41-35(49)24-25-39-42(41)32-18-6-9-22-37(32)51-39;1-2-11-23(12-3-1)37-40-38(27-16-10-20-33-34(27)26-15-6-9-19-32(26)45-33)42-39(41-37)43-28-17-7-4-13-24(28)35-29(43)21-22-31-36(35)25-14-5-8-18-30(25)44-31;1-2-11-23(12-3-1)37-40-38(27-16-10-20-32-34(27)25-14-5-8-18-30(25)44-32)42-39(41-37)43-28-17-7-4-13-24(28)35-29(43)21-22-33-36(35)26-15-6-9-19-31(26)45-33/h1-26H;2*1-22H. The molecule has 12 heterocycles. The lowest BCUT2D eigenvalue weighted by atomic mass is 10.1. The minimum absolute atomic E-state index is 0.578. The fraction of sp³-hybridized carbons (Fsp3) is 0. The SMILES string of the molecule is c1ccc(-c2nc(-c3cccc(-n4c5ccccc5c5c6c(ccc54)oc4ccccc46)c3)nc(-c3cccc4oc5ccccc5c34)n2)cc1.c1ccc(-c2nc(-c3cccc4sc5ccccc5c34)nc(-n3c4ccccc4c4c5c(ccc43)oc3ccccc35)n2)cc1.c1ccc(-c2nc(-c3cccc4sc5ccccc5c34)nc(-n3c4ccccc4c4c5c(ccc43)sc3ccccc35)n2)cc1. The molecule has 0 aliphatic heterocycles. The average Bonchev–Trinajstić information content (AvgIpc) is 1.52. The molecule has 0 aliphatic rings. The van der Waals surface area contributed by atoms with Gasteiger partial charge in [0, 0.05) is 170 Å². The van der Waals surface area contributed by atoms with Gasteiger partial charge in [-0.3, -0.25) is 9.13 Å². The van der Waals surface area contributed by atoms with E-state index < -0.39 is 0 Å². The number of para-hydroxylation sites is 6. The molecule has 18 heteroatoms. The average molecular weight is 1860 g/mol. The Morgan fingerprint density at radius 2 is 0.454 bits per heavy atom. The van der Waals surface area contributed by atoms with Gasteiger partial charge in [0.15, 0.2) is 40.8 Å². The summed E-state index contributed by atoms with van der Waals surface area (Å²) in [5.74, 6) is 5.58. The monoisotopic (exact) mass is 1860 g/mol. The summed E-state index contributed by atoms with van der Waals surface area (Å²) >= 11 is 5.44. The summed E-state index contributed by atoms with van der Waals surface area (Å²) in [7, 11) is 0. The zero-order valence-corrected chi connectivity index (χ0v) is 77.2. The Balaban J connectivity index is 0.000000102. The van der Waals surface area contributed by atoms with E-state index >= 15 is 0 Å². The Morgan fingerprint density at radius 1 is 0.163 bits per heavy atom. The van der Waals surface area contributed by atoms with E-state index in [1.54, 1.807) is 22.7 Å². The Kier molecular flexibility index (Phi) is 18.3. The van der Waals surface area contributed by atoms with E-state index in [1.165, 1.54) is 82.1 Å². The van der Waals surface area contributed by atoms with Gasteiger partial charge in [-0.05, 0) is 121 Å². The third-order valence-electron chi connectivity index (χ3n) is 27.2. The van der Waals surface area contributed by atoms with Crippen LogP contribution in [0, 0.1) is 0 Å². The van der Waals surface area contributed by atoms with Gasteiger partial charge in [0.2, 0.25) is 11.9 Å². The first-order valence-corrected chi connectivity index (χ1v) is 49.2. The number of aromatic nitrogens is 12. The van der Waals surface area contributed by atoms with Crippen LogP contribution in [0.1, 0.15) is 0 Å². The Morgan fingerprint density at radius 3 is 0.922 bits per heavy atom. The van der Waals surface area contributed by atoms with Gasteiger partial charge >= 0.3 is 0 Å². The van der Waals surface area contributed by atoms with E-state index in [-0.39, 0.29) is 0 Å². The summed E-state index contributed by atoms with van der Waals surface area (Å²) in [4.78, 5) is 46.4. The van der Waals surface area contributed by atoms with Crippen LogP contribution in [-0.4, -0.2) is 58.6 Å². The van der Waals surface area contributed by atoms with Crippen LogP contribution in [0.3, 0.4) is 0 Å². The highest BCUT2D eigenvalue weighted by Crippen LogP contribution is 2.50. The maximum atomic E-state index is 6.30. The number of benzene rings is 19. The summed E-state index contributed by atoms with van der Waals surface area (Å²) < 4.78 is 33.1. The van der Waals surface area contributed by atoms with Gasteiger partial charge in [0.05, 0.1) is 33.1 Å². The van der Waals surface area contributed by atoms with Gasteiger partial charge in [-0.25, -0.2) is 24.9 Å². The molecule has 12 aromatic heterocycles. The van der Waals surface area contributed by atoms with E-state index in [0.717, 1.165) is 154 Å². The molecule has 31 aromatic rings. The molecule has 0 spiro atoms. The zero-order chi connectivity index (χ0) is 92.4. The van der Waals surface area contributed by atoms with E-state index in [2.05, 4.69) is 317 Å². The first-order valence-electron chi connectivity index (χ1n) is 46.7. The van der Waals surface area contributed by atoms with Crippen molar-refractivity contribution in [1.29, 1.82) is 0 Å². The van der Waals surface area contributed by atoms with Crippen molar-refractivity contribution >= 4 is 226 Å². The van der Waals surface area contributed by atoms with Crippen LogP contribution in [0.4, 0.5) is 0 Å². The van der Waals surface area contributed by atoms with Crippen molar-refractivity contribution in [2.24, 2.45) is 0 Å². The van der Waals surface area contributed by atoms with Crippen LogP contribution in [0.25, 0.3) is 289 Å². The van der Waals surface area contributed by atoms with Crippen LogP contribution in [0.15, 0.2) is 438 Å². The van der Waals surface area contributed by atoms with Gasteiger partial charge in [0.1, 0.15) is 33.5 Å². The highest BCUT2D eigenvalue weighted by atomic mass is 32.1. The quantitative estimate of drug-likeness (QED) is 0.127. The number of hydrogen-bond acceptors (Lipinski definition) is 15. The molecule has 0 saturated carbocycles. The number of hydrogen-bond donors (Lipinski definition) is 0. The van der Waals surface area contributed by atoms with E-state index in [9.17, 15) is 0 Å². The summed E-state index contributed by atoms with van der Waals surface area (Å²) in [5, 5.41) is 20.8. The molecular weight excluding hydrogens is 1790 g/mol. The first-order chi connectivity index (χ1) is 69.9. The maximum absolute atomic E-state index is 6.30. The van der Waals surface area contributed by atoms with Gasteiger partial charge in [0.25, 0.3) is 0 Å². The van der Waals surface area contributed by atoms with Crippen LogP contribution < -0.4 is 0 Å². The van der Waals surface area contributed by atoms with Crippen molar-refractivity contribution < 1.29 is 13.3 Å². The van der Waals surface area contributed by atoms with Crippen molar-refractivity contribution in [2.75, 3.05) is 0 Å².